The van der Waals surface area contributed by atoms with Gasteiger partial charge in [0.05, 0.1) is 6.54 Å². The third-order valence-corrected chi connectivity index (χ3v) is 3.67. The van der Waals surface area contributed by atoms with Gasteiger partial charge in [-0.25, -0.2) is 0 Å². The predicted octanol–water partition coefficient (Wildman–Crippen LogP) is 1.80. The van der Waals surface area contributed by atoms with Crippen molar-refractivity contribution in [3.05, 3.63) is 12.3 Å². The molecule has 0 atom stereocenters. The Bertz CT molecular complexity index is 275. The first-order chi connectivity index (χ1) is 7.24. The molecule has 1 aliphatic heterocycles. The Balaban J connectivity index is 1.98. The van der Waals surface area contributed by atoms with E-state index in [1.165, 1.54) is 32.1 Å². The lowest BCUT2D eigenvalue weighted by atomic mass is 9.71. The summed E-state index contributed by atoms with van der Waals surface area (Å²) in [7, 11) is 0. The first kappa shape index (κ1) is 10.7. The van der Waals surface area contributed by atoms with Gasteiger partial charge in [0, 0.05) is 12.1 Å². The molecule has 15 heavy (non-hydrogen) atoms. The summed E-state index contributed by atoms with van der Waals surface area (Å²) in [5, 5.41) is 3.26. The molecule has 1 heterocycles. The Morgan fingerprint density at radius 1 is 1.33 bits per heavy atom. The van der Waals surface area contributed by atoms with E-state index < -0.39 is 0 Å². The van der Waals surface area contributed by atoms with Gasteiger partial charge in [-0.2, -0.15) is 0 Å². The van der Waals surface area contributed by atoms with Crippen LogP contribution in [0, 0.1) is 5.41 Å². The van der Waals surface area contributed by atoms with Gasteiger partial charge in [-0.05, 0) is 24.8 Å². The van der Waals surface area contributed by atoms with Gasteiger partial charge in [0.25, 0.3) is 0 Å². The van der Waals surface area contributed by atoms with E-state index in [2.05, 4.69) is 16.9 Å². The first-order valence-corrected chi connectivity index (χ1v) is 5.92. The summed E-state index contributed by atoms with van der Waals surface area (Å²) >= 11 is 0. The van der Waals surface area contributed by atoms with E-state index in [4.69, 9.17) is 5.73 Å². The summed E-state index contributed by atoms with van der Waals surface area (Å²) in [4.78, 5) is 4.45. The van der Waals surface area contributed by atoms with E-state index in [-0.39, 0.29) is 0 Å². The fourth-order valence-electron chi connectivity index (χ4n) is 2.68. The van der Waals surface area contributed by atoms with E-state index in [0.717, 1.165) is 31.0 Å². The smallest absolute Gasteiger partial charge is 0.102 e. The minimum absolute atomic E-state index is 0.314. The van der Waals surface area contributed by atoms with Gasteiger partial charge in [0.1, 0.15) is 5.84 Å². The van der Waals surface area contributed by atoms with Crippen molar-refractivity contribution in [2.24, 2.45) is 16.1 Å². The van der Waals surface area contributed by atoms with Gasteiger partial charge in [-0.3, -0.25) is 4.99 Å². The zero-order valence-electron chi connectivity index (χ0n) is 9.39. The molecule has 3 nitrogen and oxygen atoms in total. The van der Waals surface area contributed by atoms with Crippen molar-refractivity contribution in [2.75, 3.05) is 13.1 Å². The second-order valence-electron chi connectivity index (χ2n) is 4.93. The molecule has 1 fully saturated rings. The van der Waals surface area contributed by atoms with Gasteiger partial charge in [-0.1, -0.05) is 25.8 Å². The molecule has 0 aromatic rings. The number of hydrogen-bond donors (Lipinski definition) is 2. The highest BCUT2D eigenvalue weighted by atomic mass is 15.1. The maximum absolute atomic E-state index is 5.95. The number of nitrogens with one attached hydrogen (secondary N) is 1. The molecule has 3 N–H and O–H groups in total. The topological polar surface area (TPSA) is 50.4 Å². The highest BCUT2D eigenvalue weighted by molar-refractivity contribution is 5.86. The van der Waals surface area contributed by atoms with Crippen LogP contribution in [-0.4, -0.2) is 18.9 Å². The van der Waals surface area contributed by atoms with Gasteiger partial charge in [0.15, 0.2) is 0 Å². The number of amidine groups is 1. The van der Waals surface area contributed by atoms with Crippen molar-refractivity contribution in [1.82, 2.24) is 5.32 Å². The van der Waals surface area contributed by atoms with Crippen molar-refractivity contribution in [3.8, 4) is 0 Å². The average Bonchev–Trinajstić information content (AvgIpc) is 2.65. The second kappa shape index (κ2) is 4.35. The van der Waals surface area contributed by atoms with Crippen LogP contribution in [0.25, 0.3) is 0 Å². The maximum atomic E-state index is 5.95. The quantitative estimate of drug-likeness (QED) is 0.741. The highest BCUT2D eigenvalue weighted by Crippen LogP contribution is 2.38. The molecule has 1 aliphatic carbocycles. The summed E-state index contributed by atoms with van der Waals surface area (Å²) in [5.74, 6) is 1.10. The molecule has 3 heteroatoms. The lowest BCUT2D eigenvalue weighted by molar-refractivity contribution is 0.207. The summed E-state index contributed by atoms with van der Waals surface area (Å²) in [5.41, 5.74) is 7.28. The summed E-state index contributed by atoms with van der Waals surface area (Å²) in [6, 6.07) is 0. The minimum Gasteiger partial charge on any atom is -0.346 e. The third-order valence-electron chi connectivity index (χ3n) is 3.67. The highest BCUT2D eigenvalue weighted by Gasteiger charge is 2.32. The second-order valence-corrected chi connectivity index (χ2v) is 4.93. The molecule has 0 spiro atoms. The van der Waals surface area contributed by atoms with Crippen molar-refractivity contribution >= 4 is 5.84 Å². The summed E-state index contributed by atoms with van der Waals surface area (Å²) < 4.78 is 0. The lowest BCUT2D eigenvalue weighted by Gasteiger charge is -2.36. The minimum atomic E-state index is 0.314. The van der Waals surface area contributed by atoms with Crippen LogP contribution < -0.4 is 11.1 Å². The molecule has 0 radical (unpaired) electrons. The largest absolute Gasteiger partial charge is 0.346 e. The molecule has 0 amide bonds. The van der Waals surface area contributed by atoms with Crippen molar-refractivity contribution in [3.63, 3.8) is 0 Å². The predicted molar refractivity (Wildman–Crippen MR) is 63.8 cm³/mol. The Morgan fingerprint density at radius 2 is 2.07 bits per heavy atom. The molecule has 0 aromatic carbocycles. The standard InChI is InChI=1S/C12H21N3/c1-10-8-14-11(15-10)7-12(9-13)5-3-2-4-6-12/h1-9,13H2,(H,14,15). The van der Waals surface area contributed by atoms with E-state index in [1.807, 2.05) is 0 Å². The van der Waals surface area contributed by atoms with E-state index in [9.17, 15) is 0 Å². The Kier molecular flexibility index (Phi) is 3.10. The number of nitrogens with zero attached hydrogens (tertiary/aromatic N) is 1. The molecule has 2 rings (SSSR count). The molecule has 84 valence electrons. The van der Waals surface area contributed by atoms with E-state index in [1.54, 1.807) is 0 Å². The fraction of sp³-hybridized carbons (Fsp3) is 0.750. The zero-order chi connectivity index (χ0) is 10.7. The summed E-state index contributed by atoms with van der Waals surface area (Å²) in [6.45, 7) is 5.43. The molecule has 0 unspecified atom stereocenters. The molecule has 0 bridgehead atoms. The molecular weight excluding hydrogens is 186 g/mol. The van der Waals surface area contributed by atoms with Crippen LogP contribution in [0.4, 0.5) is 0 Å². The average molecular weight is 207 g/mol. The van der Waals surface area contributed by atoms with Crippen LogP contribution in [0.1, 0.15) is 38.5 Å². The Morgan fingerprint density at radius 3 is 2.60 bits per heavy atom. The van der Waals surface area contributed by atoms with E-state index >= 15 is 0 Å². The Hall–Kier alpha value is -0.830. The van der Waals surface area contributed by atoms with Gasteiger partial charge >= 0.3 is 0 Å². The third kappa shape index (κ3) is 2.40. The molecule has 0 aromatic heterocycles. The van der Waals surface area contributed by atoms with Crippen LogP contribution in [0.2, 0.25) is 0 Å². The monoisotopic (exact) mass is 207 g/mol. The number of hydrogen-bond acceptors (Lipinski definition) is 3. The van der Waals surface area contributed by atoms with Crippen molar-refractivity contribution < 1.29 is 0 Å². The van der Waals surface area contributed by atoms with E-state index in [0.29, 0.717) is 5.41 Å². The zero-order valence-corrected chi connectivity index (χ0v) is 9.39. The fourth-order valence-corrected chi connectivity index (χ4v) is 2.68. The lowest BCUT2D eigenvalue weighted by Crippen LogP contribution is -2.37. The van der Waals surface area contributed by atoms with Gasteiger partial charge in [0.2, 0.25) is 0 Å². The van der Waals surface area contributed by atoms with Crippen molar-refractivity contribution in [1.29, 1.82) is 0 Å². The Labute approximate surface area is 91.8 Å². The van der Waals surface area contributed by atoms with Gasteiger partial charge < -0.3 is 11.1 Å². The SMILES string of the molecule is C=C1CN=C(CC2(CN)CCCCC2)N1. The number of rotatable bonds is 3. The van der Waals surface area contributed by atoms with Crippen LogP contribution in [0.15, 0.2) is 17.3 Å². The molecule has 2 aliphatic rings. The summed E-state index contributed by atoms with van der Waals surface area (Å²) in [6.07, 6.45) is 7.56. The maximum Gasteiger partial charge on any atom is 0.102 e. The van der Waals surface area contributed by atoms with Crippen LogP contribution in [0.3, 0.4) is 0 Å². The van der Waals surface area contributed by atoms with Crippen molar-refractivity contribution in [2.45, 2.75) is 38.5 Å². The van der Waals surface area contributed by atoms with Crippen LogP contribution >= 0.6 is 0 Å². The molecule has 0 saturated heterocycles. The van der Waals surface area contributed by atoms with Crippen LogP contribution in [-0.2, 0) is 0 Å². The molecular formula is C12H21N3. The normalized spacial score (nSPS) is 24.9. The number of nitrogens with two attached hydrogens (primary N) is 1. The van der Waals surface area contributed by atoms with Crippen LogP contribution in [0.5, 0.6) is 0 Å². The molecule has 1 saturated carbocycles. The number of aliphatic imine (C=N–C) groups is 1. The van der Waals surface area contributed by atoms with Gasteiger partial charge in [-0.15, -0.1) is 0 Å². The first-order valence-electron chi connectivity index (χ1n) is 5.92.